The van der Waals surface area contributed by atoms with Crippen molar-refractivity contribution in [2.45, 2.75) is 25.8 Å². The fourth-order valence-corrected chi connectivity index (χ4v) is 4.41. The lowest BCUT2D eigenvalue weighted by atomic mass is 9.96. The van der Waals surface area contributed by atoms with Crippen molar-refractivity contribution >= 4 is 28.1 Å². The molecule has 1 N–H and O–H groups in total. The average Bonchev–Trinajstić information content (AvgIpc) is 3.35. The van der Waals surface area contributed by atoms with Crippen molar-refractivity contribution in [3.63, 3.8) is 0 Å². The fourth-order valence-electron chi connectivity index (χ4n) is 3.69. The van der Waals surface area contributed by atoms with Gasteiger partial charge in [-0.2, -0.15) is 0 Å². The minimum absolute atomic E-state index is 0.229. The van der Waals surface area contributed by atoms with Gasteiger partial charge < -0.3 is 14.6 Å². The molecule has 2 aromatic heterocycles. The maximum absolute atomic E-state index is 12.2. The zero-order valence-electron chi connectivity index (χ0n) is 13.6. The molecule has 2 aliphatic rings. The number of carbonyl (C=O) groups excluding carboxylic acids is 1. The highest BCUT2D eigenvalue weighted by Gasteiger charge is 2.32. The molecule has 0 atom stereocenters. The molecular weight excluding hydrogens is 334 g/mol. The lowest BCUT2D eigenvalue weighted by molar-refractivity contribution is -0.117. The predicted molar refractivity (Wildman–Crippen MR) is 98.0 cm³/mol. The number of amides is 1. The number of carbonyl (C=O) groups is 1. The number of benzene rings is 1. The van der Waals surface area contributed by atoms with Crippen molar-refractivity contribution in [2.75, 3.05) is 16.8 Å². The predicted octanol–water partition coefficient (Wildman–Crippen LogP) is 3.85. The van der Waals surface area contributed by atoms with Gasteiger partial charge in [-0.25, -0.2) is 4.98 Å². The van der Waals surface area contributed by atoms with E-state index in [9.17, 15) is 4.79 Å². The molecule has 25 heavy (non-hydrogen) atoms. The maximum atomic E-state index is 12.2. The van der Waals surface area contributed by atoms with Crippen LogP contribution in [0.4, 0.5) is 10.8 Å². The van der Waals surface area contributed by atoms with Crippen LogP contribution in [0.2, 0.25) is 0 Å². The summed E-state index contributed by atoms with van der Waals surface area (Å²) >= 11 is 1.59. The van der Waals surface area contributed by atoms with Crippen LogP contribution >= 0.6 is 11.3 Å². The zero-order valence-corrected chi connectivity index (χ0v) is 14.4. The molecule has 0 bridgehead atoms. The Morgan fingerprint density at radius 3 is 3.12 bits per heavy atom. The second-order valence-corrected chi connectivity index (χ2v) is 7.30. The minimum atomic E-state index is 0.229. The number of anilines is 2. The van der Waals surface area contributed by atoms with Crippen LogP contribution in [0.1, 0.15) is 23.3 Å². The Bertz CT molecular complexity index is 946. The van der Waals surface area contributed by atoms with Crippen LogP contribution < -0.4 is 10.2 Å². The van der Waals surface area contributed by atoms with Crippen LogP contribution in [0.5, 0.6) is 0 Å². The number of rotatable bonds is 4. The lowest BCUT2D eigenvalue weighted by Crippen LogP contribution is -2.31. The number of nitrogens with one attached hydrogen (secondary N) is 1. The number of hydrogen-bond donors (Lipinski definition) is 1. The van der Waals surface area contributed by atoms with Gasteiger partial charge in [0.2, 0.25) is 5.91 Å². The Balaban J connectivity index is 1.43. The maximum Gasteiger partial charge on any atom is 0.231 e. The Morgan fingerprint density at radius 1 is 1.32 bits per heavy atom. The number of furan rings is 1. The van der Waals surface area contributed by atoms with E-state index < -0.39 is 0 Å². The van der Waals surface area contributed by atoms with E-state index in [0.29, 0.717) is 13.0 Å². The number of nitrogens with zero attached hydrogens (tertiary/aromatic N) is 2. The van der Waals surface area contributed by atoms with E-state index in [1.165, 1.54) is 5.56 Å². The smallest absolute Gasteiger partial charge is 0.231 e. The van der Waals surface area contributed by atoms with Crippen molar-refractivity contribution in [2.24, 2.45) is 0 Å². The van der Waals surface area contributed by atoms with Gasteiger partial charge in [0, 0.05) is 17.5 Å². The summed E-state index contributed by atoms with van der Waals surface area (Å²) in [4.78, 5) is 18.8. The third-order valence-electron chi connectivity index (χ3n) is 4.80. The third-order valence-corrected chi connectivity index (χ3v) is 5.60. The van der Waals surface area contributed by atoms with E-state index >= 15 is 0 Å². The van der Waals surface area contributed by atoms with E-state index in [0.717, 1.165) is 52.8 Å². The molecular formula is C19H17N3O2S. The summed E-state index contributed by atoms with van der Waals surface area (Å²) in [7, 11) is 0. The molecule has 4 heterocycles. The van der Waals surface area contributed by atoms with Crippen molar-refractivity contribution in [3.05, 3.63) is 52.8 Å². The van der Waals surface area contributed by atoms with Crippen LogP contribution in [-0.2, 0) is 24.2 Å². The molecule has 0 spiro atoms. The fraction of sp³-hybridized carbons (Fsp3) is 0.263. The highest BCUT2D eigenvalue weighted by Crippen LogP contribution is 2.40. The summed E-state index contributed by atoms with van der Waals surface area (Å²) in [5, 5.41) is 6.23. The van der Waals surface area contributed by atoms with Gasteiger partial charge in [0.25, 0.3) is 0 Å². The molecule has 6 heteroatoms. The molecule has 0 unspecified atom stereocenters. The van der Waals surface area contributed by atoms with Crippen LogP contribution in [0.3, 0.4) is 0 Å². The average molecular weight is 351 g/mol. The molecule has 0 aliphatic carbocycles. The monoisotopic (exact) mass is 351 g/mol. The highest BCUT2D eigenvalue weighted by molar-refractivity contribution is 7.14. The topological polar surface area (TPSA) is 58.4 Å². The standard InChI is InChI=1S/C19H17N3O2S/c23-17-9-14-8-13(7-12-3-1-5-22(17)18(12)14)16-11-25-19(21-16)20-10-15-4-2-6-24-15/h2,4,6-8,11H,1,3,5,9-10H2,(H,20,21). The molecule has 0 saturated carbocycles. The second-order valence-electron chi connectivity index (χ2n) is 6.44. The first-order chi connectivity index (χ1) is 12.3. The highest BCUT2D eigenvalue weighted by atomic mass is 32.1. The molecule has 3 aromatic rings. The van der Waals surface area contributed by atoms with Gasteiger partial charge in [-0.1, -0.05) is 0 Å². The molecule has 1 amide bonds. The van der Waals surface area contributed by atoms with E-state index in [-0.39, 0.29) is 5.91 Å². The van der Waals surface area contributed by atoms with E-state index in [1.54, 1.807) is 17.6 Å². The number of aromatic nitrogens is 1. The second kappa shape index (κ2) is 5.74. The van der Waals surface area contributed by atoms with Crippen molar-refractivity contribution < 1.29 is 9.21 Å². The molecule has 0 radical (unpaired) electrons. The van der Waals surface area contributed by atoms with Gasteiger partial charge in [0.05, 0.1) is 30.6 Å². The number of aryl methyl sites for hydroxylation is 1. The molecule has 5 nitrogen and oxygen atoms in total. The van der Waals surface area contributed by atoms with Crippen LogP contribution in [0, 0.1) is 0 Å². The van der Waals surface area contributed by atoms with Gasteiger partial charge >= 0.3 is 0 Å². The minimum Gasteiger partial charge on any atom is -0.467 e. The summed E-state index contributed by atoms with van der Waals surface area (Å²) < 4.78 is 5.33. The summed E-state index contributed by atoms with van der Waals surface area (Å²) in [6.45, 7) is 1.48. The summed E-state index contributed by atoms with van der Waals surface area (Å²) in [5.74, 6) is 1.12. The molecule has 0 saturated heterocycles. The Labute approximate surface area is 149 Å². The SMILES string of the molecule is O=C1Cc2cc(-c3csc(NCc4ccco4)n3)cc3c2N1CCC3. The Morgan fingerprint density at radius 2 is 2.24 bits per heavy atom. The van der Waals surface area contributed by atoms with Crippen LogP contribution in [0.25, 0.3) is 11.3 Å². The molecule has 2 aliphatic heterocycles. The number of hydrogen-bond acceptors (Lipinski definition) is 5. The third kappa shape index (κ3) is 2.53. The van der Waals surface area contributed by atoms with Crippen LogP contribution in [-0.4, -0.2) is 17.4 Å². The first-order valence-corrected chi connectivity index (χ1v) is 9.34. The van der Waals surface area contributed by atoms with Gasteiger partial charge in [-0.3, -0.25) is 4.79 Å². The van der Waals surface area contributed by atoms with Gasteiger partial charge in [0.1, 0.15) is 5.76 Å². The lowest BCUT2D eigenvalue weighted by Gasteiger charge is -2.25. The molecule has 126 valence electrons. The van der Waals surface area contributed by atoms with Gasteiger partial charge in [-0.05, 0) is 48.2 Å². The first kappa shape index (κ1) is 14.7. The molecule has 1 aromatic carbocycles. The molecule has 0 fully saturated rings. The summed E-state index contributed by atoms with van der Waals surface area (Å²) in [6.07, 6.45) is 4.26. The summed E-state index contributed by atoms with van der Waals surface area (Å²) in [6, 6.07) is 8.16. The van der Waals surface area contributed by atoms with Crippen molar-refractivity contribution in [1.29, 1.82) is 0 Å². The van der Waals surface area contributed by atoms with E-state index in [4.69, 9.17) is 9.40 Å². The van der Waals surface area contributed by atoms with Crippen molar-refractivity contribution in [1.82, 2.24) is 4.98 Å². The quantitative estimate of drug-likeness (QED) is 0.776. The van der Waals surface area contributed by atoms with Crippen molar-refractivity contribution in [3.8, 4) is 11.3 Å². The largest absolute Gasteiger partial charge is 0.467 e. The van der Waals surface area contributed by atoms with Gasteiger partial charge in [-0.15, -0.1) is 11.3 Å². The molecule has 5 rings (SSSR count). The Kier molecular flexibility index (Phi) is 3.38. The first-order valence-electron chi connectivity index (χ1n) is 8.46. The van der Waals surface area contributed by atoms with E-state index in [1.807, 2.05) is 17.0 Å². The normalized spacial score (nSPS) is 15.5. The van der Waals surface area contributed by atoms with Gasteiger partial charge in [0.15, 0.2) is 5.13 Å². The Hall–Kier alpha value is -2.60. The number of thiazole rings is 1. The van der Waals surface area contributed by atoms with E-state index in [2.05, 4.69) is 22.8 Å². The summed E-state index contributed by atoms with van der Waals surface area (Å²) in [5.41, 5.74) is 5.65. The zero-order chi connectivity index (χ0) is 16.8. The van der Waals surface area contributed by atoms with Crippen LogP contribution in [0.15, 0.2) is 40.3 Å².